The van der Waals surface area contributed by atoms with Crippen molar-refractivity contribution in [3.8, 4) is 0 Å². The van der Waals surface area contributed by atoms with Crippen LogP contribution < -0.4 is 5.32 Å². The molecule has 0 aliphatic carbocycles. The van der Waals surface area contributed by atoms with Crippen molar-refractivity contribution in [2.75, 3.05) is 14.1 Å². The summed E-state index contributed by atoms with van der Waals surface area (Å²) in [7, 11) is 4.05. The maximum Gasteiger partial charge on any atom is 0.122 e. The zero-order chi connectivity index (χ0) is 13.7. The van der Waals surface area contributed by atoms with E-state index in [9.17, 15) is 0 Å². The van der Waals surface area contributed by atoms with Crippen molar-refractivity contribution in [2.45, 2.75) is 19.6 Å². The highest BCUT2D eigenvalue weighted by Gasteiger charge is 2.09. The topological polar surface area (TPSA) is 28.4 Å². The molecule has 0 atom stereocenters. The summed E-state index contributed by atoms with van der Waals surface area (Å²) in [4.78, 5) is 2.25. The Morgan fingerprint density at radius 2 is 1.89 bits per heavy atom. The van der Waals surface area contributed by atoms with Crippen LogP contribution in [0, 0.1) is 0 Å². The molecule has 0 radical (unpaired) electrons. The molecule has 2 rings (SSSR count). The molecule has 4 heteroatoms. The molecule has 0 aliphatic heterocycles. The van der Waals surface area contributed by atoms with Gasteiger partial charge in [-0.25, -0.2) is 0 Å². The van der Waals surface area contributed by atoms with E-state index in [4.69, 9.17) is 4.42 Å². The Bertz CT molecular complexity index is 507. The monoisotopic (exact) mass is 322 g/mol. The van der Waals surface area contributed by atoms with E-state index in [1.165, 1.54) is 11.1 Å². The Kier molecular flexibility index (Phi) is 5.19. The Hall–Kier alpha value is -1.10. The van der Waals surface area contributed by atoms with Gasteiger partial charge in [0.1, 0.15) is 5.76 Å². The van der Waals surface area contributed by atoms with Crippen LogP contribution in [0.2, 0.25) is 0 Å². The fourth-order valence-electron chi connectivity index (χ4n) is 2.06. The number of halogens is 1. The van der Waals surface area contributed by atoms with Crippen LogP contribution in [0.15, 0.2) is 45.5 Å². The van der Waals surface area contributed by atoms with Crippen molar-refractivity contribution >= 4 is 15.9 Å². The van der Waals surface area contributed by atoms with Crippen molar-refractivity contribution in [3.05, 3.63) is 58.0 Å². The fourth-order valence-corrected chi connectivity index (χ4v) is 2.32. The number of benzene rings is 1. The zero-order valence-electron chi connectivity index (χ0n) is 11.3. The van der Waals surface area contributed by atoms with Gasteiger partial charge in [0.25, 0.3) is 0 Å². The van der Waals surface area contributed by atoms with E-state index in [-0.39, 0.29) is 0 Å². The van der Waals surface area contributed by atoms with Gasteiger partial charge >= 0.3 is 0 Å². The quantitative estimate of drug-likeness (QED) is 0.883. The van der Waals surface area contributed by atoms with Gasteiger partial charge in [-0.05, 0) is 37.9 Å². The maximum absolute atomic E-state index is 5.56. The first kappa shape index (κ1) is 14.3. The SMILES string of the molecule is CNCc1ccoc1CN(C)Cc1ccc(Br)cc1. The Balaban J connectivity index is 1.95. The molecule has 102 valence electrons. The predicted molar refractivity (Wildman–Crippen MR) is 80.8 cm³/mol. The summed E-state index contributed by atoms with van der Waals surface area (Å²) in [5, 5.41) is 3.16. The van der Waals surface area contributed by atoms with Gasteiger partial charge in [0.2, 0.25) is 0 Å². The largest absolute Gasteiger partial charge is 0.468 e. The first-order valence-electron chi connectivity index (χ1n) is 6.32. The zero-order valence-corrected chi connectivity index (χ0v) is 12.9. The van der Waals surface area contributed by atoms with E-state index in [1.54, 1.807) is 6.26 Å². The number of rotatable bonds is 6. The van der Waals surface area contributed by atoms with Crippen LogP contribution in [0.25, 0.3) is 0 Å². The number of furan rings is 1. The second-order valence-corrected chi connectivity index (χ2v) is 5.61. The van der Waals surface area contributed by atoms with E-state index in [0.29, 0.717) is 0 Å². The predicted octanol–water partition coefficient (Wildman–Crippen LogP) is 3.39. The van der Waals surface area contributed by atoms with E-state index < -0.39 is 0 Å². The Labute approximate surface area is 122 Å². The van der Waals surface area contributed by atoms with Crippen molar-refractivity contribution in [3.63, 3.8) is 0 Å². The average molecular weight is 323 g/mol. The minimum Gasteiger partial charge on any atom is -0.468 e. The van der Waals surface area contributed by atoms with Crippen molar-refractivity contribution in [2.24, 2.45) is 0 Å². The van der Waals surface area contributed by atoms with Crippen molar-refractivity contribution in [1.82, 2.24) is 10.2 Å². The third-order valence-electron chi connectivity index (χ3n) is 2.98. The highest BCUT2D eigenvalue weighted by molar-refractivity contribution is 9.10. The van der Waals surface area contributed by atoms with Crippen LogP contribution in [0.1, 0.15) is 16.9 Å². The second kappa shape index (κ2) is 6.89. The Morgan fingerprint density at radius 3 is 2.58 bits per heavy atom. The summed E-state index contributed by atoms with van der Waals surface area (Å²) in [5.41, 5.74) is 2.53. The standard InChI is InChI=1S/C15H19BrN2O/c1-17-9-13-7-8-19-15(13)11-18(2)10-12-3-5-14(16)6-4-12/h3-8,17H,9-11H2,1-2H3. The summed E-state index contributed by atoms with van der Waals surface area (Å²) in [6.45, 7) is 2.57. The highest BCUT2D eigenvalue weighted by Crippen LogP contribution is 2.15. The number of hydrogen-bond donors (Lipinski definition) is 1. The summed E-state index contributed by atoms with van der Waals surface area (Å²) >= 11 is 3.45. The first-order chi connectivity index (χ1) is 9.19. The molecule has 1 N–H and O–H groups in total. The molecular formula is C15H19BrN2O. The molecule has 0 spiro atoms. The highest BCUT2D eigenvalue weighted by atomic mass is 79.9. The van der Waals surface area contributed by atoms with E-state index in [1.807, 2.05) is 13.1 Å². The lowest BCUT2D eigenvalue weighted by Gasteiger charge is -2.16. The maximum atomic E-state index is 5.56. The molecule has 0 fully saturated rings. The van der Waals surface area contributed by atoms with Gasteiger partial charge < -0.3 is 9.73 Å². The lowest BCUT2D eigenvalue weighted by atomic mass is 10.2. The van der Waals surface area contributed by atoms with Gasteiger partial charge in [-0.2, -0.15) is 0 Å². The van der Waals surface area contributed by atoms with Crippen LogP contribution >= 0.6 is 15.9 Å². The van der Waals surface area contributed by atoms with Crippen molar-refractivity contribution in [1.29, 1.82) is 0 Å². The van der Waals surface area contributed by atoms with Crippen LogP contribution in [-0.2, 0) is 19.6 Å². The van der Waals surface area contributed by atoms with E-state index in [0.717, 1.165) is 29.9 Å². The first-order valence-corrected chi connectivity index (χ1v) is 7.11. The molecule has 0 saturated heterocycles. The Morgan fingerprint density at radius 1 is 1.16 bits per heavy atom. The molecule has 0 aliphatic rings. The number of hydrogen-bond acceptors (Lipinski definition) is 3. The van der Waals surface area contributed by atoms with Crippen LogP contribution in [-0.4, -0.2) is 19.0 Å². The molecule has 19 heavy (non-hydrogen) atoms. The van der Waals surface area contributed by atoms with Gasteiger partial charge in [0.05, 0.1) is 12.8 Å². The van der Waals surface area contributed by atoms with E-state index in [2.05, 4.69) is 57.5 Å². The van der Waals surface area contributed by atoms with Gasteiger partial charge in [-0.3, -0.25) is 4.90 Å². The van der Waals surface area contributed by atoms with E-state index >= 15 is 0 Å². The molecule has 1 aromatic heterocycles. The second-order valence-electron chi connectivity index (χ2n) is 4.70. The molecular weight excluding hydrogens is 304 g/mol. The third kappa shape index (κ3) is 4.20. The minimum atomic E-state index is 0.820. The molecule has 2 aromatic rings. The smallest absolute Gasteiger partial charge is 0.122 e. The molecule has 0 bridgehead atoms. The van der Waals surface area contributed by atoms with Crippen LogP contribution in [0.4, 0.5) is 0 Å². The normalized spacial score (nSPS) is 11.2. The molecule has 1 aromatic carbocycles. The molecule has 0 unspecified atom stereocenters. The summed E-state index contributed by atoms with van der Waals surface area (Å²) < 4.78 is 6.67. The lowest BCUT2D eigenvalue weighted by molar-refractivity contribution is 0.286. The third-order valence-corrected chi connectivity index (χ3v) is 3.51. The summed E-state index contributed by atoms with van der Waals surface area (Å²) in [6.07, 6.45) is 1.76. The van der Waals surface area contributed by atoms with Gasteiger partial charge in [-0.1, -0.05) is 28.1 Å². The molecule has 0 saturated carbocycles. The molecule has 1 heterocycles. The summed E-state index contributed by atoms with van der Waals surface area (Å²) in [5.74, 6) is 1.04. The fraction of sp³-hybridized carbons (Fsp3) is 0.333. The number of nitrogens with zero attached hydrogens (tertiary/aromatic N) is 1. The van der Waals surface area contributed by atoms with Gasteiger partial charge in [0.15, 0.2) is 0 Å². The average Bonchev–Trinajstić information content (AvgIpc) is 2.80. The molecule has 3 nitrogen and oxygen atoms in total. The van der Waals surface area contributed by atoms with Gasteiger partial charge in [0, 0.05) is 23.1 Å². The molecule has 0 amide bonds. The lowest BCUT2D eigenvalue weighted by Crippen LogP contribution is -2.18. The summed E-state index contributed by atoms with van der Waals surface area (Å²) in [6, 6.07) is 10.4. The van der Waals surface area contributed by atoms with Crippen LogP contribution in [0.5, 0.6) is 0 Å². The van der Waals surface area contributed by atoms with Crippen molar-refractivity contribution < 1.29 is 4.42 Å². The van der Waals surface area contributed by atoms with Crippen LogP contribution in [0.3, 0.4) is 0 Å². The number of nitrogens with one attached hydrogen (secondary N) is 1. The van der Waals surface area contributed by atoms with Gasteiger partial charge in [-0.15, -0.1) is 0 Å². The minimum absolute atomic E-state index is 0.820.